The van der Waals surface area contributed by atoms with Crippen molar-refractivity contribution in [2.24, 2.45) is 17.8 Å². The number of carboxylic acids is 1. The molecular weight excluding hydrogens is 390 g/mol. The van der Waals surface area contributed by atoms with E-state index in [-0.39, 0.29) is 29.1 Å². The van der Waals surface area contributed by atoms with E-state index in [4.69, 9.17) is 9.47 Å². The normalized spacial score (nSPS) is 22.3. The van der Waals surface area contributed by atoms with Crippen molar-refractivity contribution in [3.05, 3.63) is 59.2 Å². The Hall–Kier alpha value is -2.63. The second-order valence-corrected chi connectivity index (χ2v) is 8.45. The molecule has 4 nitrogen and oxygen atoms in total. The van der Waals surface area contributed by atoms with Crippen LogP contribution in [0.2, 0.25) is 0 Å². The Morgan fingerprint density at radius 1 is 1.23 bits per heavy atom. The van der Waals surface area contributed by atoms with Crippen molar-refractivity contribution in [3.63, 3.8) is 0 Å². The molecule has 0 bridgehead atoms. The molecule has 160 valence electrons. The second kappa shape index (κ2) is 8.25. The third kappa shape index (κ3) is 4.13. The van der Waals surface area contributed by atoms with Gasteiger partial charge in [0.2, 0.25) is 0 Å². The molecule has 6 heteroatoms. The molecule has 2 saturated carbocycles. The summed E-state index contributed by atoms with van der Waals surface area (Å²) < 4.78 is 39.5. The third-order valence-corrected chi connectivity index (χ3v) is 6.37. The molecule has 1 N–H and O–H groups in total. The smallest absolute Gasteiger partial charge is 0.306 e. The van der Waals surface area contributed by atoms with E-state index in [9.17, 15) is 18.7 Å². The van der Waals surface area contributed by atoms with Crippen LogP contribution in [0.1, 0.15) is 49.1 Å². The Bertz CT molecular complexity index is 941. The quantitative estimate of drug-likeness (QED) is 0.597. The molecule has 0 heterocycles. The minimum atomic E-state index is -0.790. The zero-order valence-electron chi connectivity index (χ0n) is 17.1. The van der Waals surface area contributed by atoms with E-state index in [0.717, 1.165) is 18.4 Å². The number of carboxylic acid groups (broad SMARTS) is 1. The Balaban J connectivity index is 1.43. The first-order valence-corrected chi connectivity index (χ1v) is 10.4. The van der Waals surface area contributed by atoms with Gasteiger partial charge >= 0.3 is 5.97 Å². The number of hydrogen-bond donors (Lipinski definition) is 1. The maximum atomic E-state index is 14.5. The van der Waals surface area contributed by atoms with Crippen LogP contribution in [0.5, 0.6) is 11.5 Å². The van der Waals surface area contributed by atoms with Gasteiger partial charge in [0.15, 0.2) is 11.6 Å². The van der Waals surface area contributed by atoms with Gasteiger partial charge in [0.1, 0.15) is 11.6 Å². The van der Waals surface area contributed by atoms with Crippen molar-refractivity contribution < 1.29 is 28.2 Å². The molecule has 4 rings (SSSR count). The van der Waals surface area contributed by atoms with Crippen molar-refractivity contribution in [1.82, 2.24) is 0 Å². The van der Waals surface area contributed by atoms with Crippen LogP contribution in [0.3, 0.4) is 0 Å². The summed E-state index contributed by atoms with van der Waals surface area (Å²) in [5.41, 5.74) is 1.04. The highest BCUT2D eigenvalue weighted by atomic mass is 19.1. The van der Waals surface area contributed by atoms with E-state index >= 15 is 0 Å². The summed E-state index contributed by atoms with van der Waals surface area (Å²) in [4.78, 5) is 11.5. The highest BCUT2D eigenvalue weighted by molar-refractivity contribution is 5.71. The largest absolute Gasteiger partial charge is 0.494 e. The summed E-state index contributed by atoms with van der Waals surface area (Å²) in [6.45, 7) is 2.11. The molecule has 2 aliphatic carbocycles. The molecule has 2 aromatic carbocycles. The summed E-state index contributed by atoms with van der Waals surface area (Å²) in [6, 6.07) is 10.1. The van der Waals surface area contributed by atoms with Crippen LogP contribution >= 0.6 is 0 Å². The molecule has 0 aliphatic heterocycles. The number of rotatable bonds is 9. The van der Waals surface area contributed by atoms with Crippen LogP contribution in [0.4, 0.5) is 8.78 Å². The predicted octanol–water partition coefficient (Wildman–Crippen LogP) is 5.37. The lowest BCUT2D eigenvalue weighted by Crippen LogP contribution is -2.20. The van der Waals surface area contributed by atoms with Crippen LogP contribution in [0.25, 0.3) is 0 Å². The second-order valence-electron chi connectivity index (χ2n) is 8.45. The summed E-state index contributed by atoms with van der Waals surface area (Å²) in [5, 5.41) is 9.46. The molecular formula is C24H26F2O4. The number of benzene rings is 2. The molecule has 0 spiro atoms. The number of carbonyl (C=O) groups is 1. The maximum absolute atomic E-state index is 14.5. The van der Waals surface area contributed by atoms with E-state index in [2.05, 4.69) is 0 Å². The number of ether oxygens (including phenoxy) is 2. The van der Waals surface area contributed by atoms with Gasteiger partial charge in [0.25, 0.3) is 0 Å². The van der Waals surface area contributed by atoms with Gasteiger partial charge < -0.3 is 14.6 Å². The Morgan fingerprint density at radius 2 is 2.00 bits per heavy atom. The molecule has 0 aromatic heterocycles. The molecule has 0 radical (unpaired) electrons. The first-order valence-electron chi connectivity index (χ1n) is 10.4. The molecule has 1 unspecified atom stereocenters. The van der Waals surface area contributed by atoms with Crippen molar-refractivity contribution in [3.8, 4) is 11.5 Å². The van der Waals surface area contributed by atoms with Crippen molar-refractivity contribution >= 4 is 5.97 Å². The van der Waals surface area contributed by atoms with Gasteiger partial charge in [-0.25, -0.2) is 8.78 Å². The summed E-state index contributed by atoms with van der Waals surface area (Å²) in [6.07, 6.45) is 2.75. The minimum absolute atomic E-state index is 0.0281. The zero-order chi connectivity index (χ0) is 21.4. The SMILES string of the molecule is COc1ccc(F)c([C@H]2C[C@@H]2COc2cccc(C(C3CC3)[C@H](C)C(=O)O)c2)c1F. The first kappa shape index (κ1) is 20.6. The van der Waals surface area contributed by atoms with E-state index in [1.807, 2.05) is 24.3 Å². The lowest BCUT2D eigenvalue weighted by Gasteiger charge is -2.21. The van der Waals surface area contributed by atoms with E-state index in [1.165, 1.54) is 19.2 Å². The molecule has 0 saturated heterocycles. The monoisotopic (exact) mass is 416 g/mol. The fourth-order valence-corrected chi connectivity index (χ4v) is 4.43. The average Bonchev–Trinajstić information content (AvgIpc) is 3.64. The standard InChI is InChI=1S/C24H26F2O4/c1-13(24(27)28)21(14-6-7-14)15-4-3-5-17(10-15)30-12-16-11-18(16)22-19(25)8-9-20(29-2)23(22)26/h3-5,8-10,13-14,16,18,21H,6-7,11-12H2,1-2H3,(H,27,28)/t13-,16+,18-,21?/m0/s1. The fraction of sp³-hybridized carbons (Fsp3) is 0.458. The topological polar surface area (TPSA) is 55.8 Å². The van der Waals surface area contributed by atoms with E-state index in [0.29, 0.717) is 24.7 Å². The number of hydrogen-bond acceptors (Lipinski definition) is 3. The average molecular weight is 416 g/mol. The number of halogens is 2. The van der Waals surface area contributed by atoms with Crippen molar-refractivity contribution in [1.29, 1.82) is 0 Å². The van der Waals surface area contributed by atoms with Gasteiger partial charge in [0, 0.05) is 11.5 Å². The Labute approximate surface area is 174 Å². The summed E-state index contributed by atoms with van der Waals surface area (Å²) >= 11 is 0. The fourth-order valence-electron chi connectivity index (χ4n) is 4.43. The van der Waals surface area contributed by atoms with Crippen molar-refractivity contribution in [2.45, 2.75) is 38.0 Å². The third-order valence-electron chi connectivity index (χ3n) is 6.37. The van der Waals surface area contributed by atoms with Gasteiger partial charge in [0.05, 0.1) is 19.6 Å². The highest BCUT2D eigenvalue weighted by Gasteiger charge is 2.43. The van der Waals surface area contributed by atoms with E-state index in [1.54, 1.807) is 6.92 Å². The lowest BCUT2D eigenvalue weighted by molar-refractivity contribution is -0.142. The van der Waals surface area contributed by atoms with Crippen LogP contribution in [-0.4, -0.2) is 24.8 Å². The number of aliphatic carboxylic acids is 1. The molecule has 30 heavy (non-hydrogen) atoms. The van der Waals surface area contributed by atoms with Gasteiger partial charge in [-0.15, -0.1) is 0 Å². The molecule has 2 aromatic rings. The van der Waals surface area contributed by atoms with Gasteiger partial charge in [-0.1, -0.05) is 19.1 Å². The van der Waals surface area contributed by atoms with Gasteiger partial charge in [-0.2, -0.15) is 0 Å². The van der Waals surface area contributed by atoms with Crippen LogP contribution < -0.4 is 9.47 Å². The van der Waals surface area contributed by atoms with Crippen molar-refractivity contribution in [2.75, 3.05) is 13.7 Å². The maximum Gasteiger partial charge on any atom is 0.306 e. The molecule has 2 aliphatic rings. The van der Waals surface area contributed by atoms with Gasteiger partial charge in [-0.3, -0.25) is 4.79 Å². The molecule has 4 atom stereocenters. The Morgan fingerprint density at radius 3 is 2.67 bits per heavy atom. The predicted molar refractivity (Wildman–Crippen MR) is 108 cm³/mol. The highest BCUT2D eigenvalue weighted by Crippen LogP contribution is 2.51. The Kier molecular flexibility index (Phi) is 5.67. The van der Waals surface area contributed by atoms with E-state index < -0.39 is 23.5 Å². The van der Waals surface area contributed by atoms with Crippen LogP contribution in [0.15, 0.2) is 36.4 Å². The van der Waals surface area contributed by atoms with Crippen LogP contribution in [0, 0.1) is 29.4 Å². The van der Waals surface area contributed by atoms with Gasteiger partial charge in [-0.05, 0) is 66.8 Å². The first-order chi connectivity index (χ1) is 14.4. The van der Waals surface area contributed by atoms with Crippen LogP contribution in [-0.2, 0) is 4.79 Å². The summed E-state index contributed by atoms with van der Waals surface area (Å²) in [7, 11) is 1.36. The lowest BCUT2D eigenvalue weighted by atomic mass is 9.83. The molecule has 0 amide bonds. The zero-order valence-corrected chi connectivity index (χ0v) is 17.1. The minimum Gasteiger partial charge on any atom is -0.494 e. The number of methoxy groups -OCH3 is 1. The summed E-state index contributed by atoms with van der Waals surface area (Å²) in [5.74, 6) is -1.56. The molecule has 2 fully saturated rings.